The van der Waals surface area contributed by atoms with Crippen molar-refractivity contribution in [2.24, 2.45) is 0 Å². The molecule has 57 heavy (non-hydrogen) atoms. The van der Waals surface area contributed by atoms with Gasteiger partial charge < -0.3 is 19.1 Å². The molecule has 4 nitrogen and oxygen atoms in total. The molecule has 0 N–H and O–H groups in total. The molecule has 11 rings (SSSR count). The number of fused-ring (bicyclic) bond motifs is 7. The van der Waals surface area contributed by atoms with E-state index in [0.29, 0.717) is 0 Å². The highest BCUT2D eigenvalue weighted by Gasteiger charge is 2.31. The zero-order valence-corrected chi connectivity index (χ0v) is 32.8. The van der Waals surface area contributed by atoms with Crippen LogP contribution in [-0.2, 0) is 6.42 Å². The average molecular weight is 797 g/mol. The predicted octanol–water partition coefficient (Wildman–Crippen LogP) is 13.4. The minimum absolute atomic E-state index is 0.850. The number of nitrogens with zero attached hydrogens (tertiary/aromatic N) is 3. The maximum absolute atomic E-state index is 6.56. The average Bonchev–Trinajstić information content (AvgIpc) is 3.55. The number of halogens is 1. The number of allylic oxidation sites excluding steroid dienone is 1. The Labute approximate surface area is 341 Å². The van der Waals surface area contributed by atoms with Crippen LogP contribution in [0.1, 0.15) is 16.7 Å². The van der Waals surface area contributed by atoms with Gasteiger partial charge in [0, 0.05) is 32.2 Å². The van der Waals surface area contributed by atoms with Crippen molar-refractivity contribution in [1.82, 2.24) is 0 Å². The Morgan fingerprint density at radius 2 is 0.947 bits per heavy atom. The molecular formula is C51H35BBrN3O. The third-order valence-electron chi connectivity index (χ3n) is 11.4. The summed E-state index contributed by atoms with van der Waals surface area (Å²) in [6.45, 7) is 0. The standard InChI is InChI=1S/C51H35BBrN3O/c52-41-16-4-1-13-33(41)29-35-30-34-14-2-6-18-43(34)54(44-19-7-3-15-38(35)44)36-25-27-50-39(31-36)40-32-37(26-28-51(40)57-50)55-46-21-9-11-23-48(46)56(45-20-8-5-17-42(45)53)49-24-12-10-22-47(49)55/h1-28,30-32H,29,52H2. The molecule has 3 heterocycles. The van der Waals surface area contributed by atoms with E-state index in [1.165, 1.54) is 27.7 Å². The summed E-state index contributed by atoms with van der Waals surface area (Å²) in [5.74, 6) is 0. The topological polar surface area (TPSA) is 22.9 Å². The van der Waals surface area contributed by atoms with E-state index in [1.54, 1.807) is 0 Å². The highest BCUT2D eigenvalue weighted by atomic mass is 79.9. The molecule has 0 radical (unpaired) electrons. The van der Waals surface area contributed by atoms with Crippen LogP contribution in [0.15, 0.2) is 191 Å². The SMILES string of the molecule is Bc1ccccc1CC1=Cc2ccccc2N(c2ccc3oc4ccc(N5c6ccccc6N(c6ccccc6Br)c6ccccc65)cc4c3c2)c2ccccc21. The second-order valence-corrected chi connectivity index (χ2v) is 15.6. The monoisotopic (exact) mass is 795 g/mol. The molecule has 0 atom stereocenters. The molecule has 0 fully saturated rings. The lowest BCUT2D eigenvalue weighted by molar-refractivity contribution is 0.669. The van der Waals surface area contributed by atoms with Crippen molar-refractivity contribution in [3.8, 4) is 0 Å². The van der Waals surface area contributed by atoms with E-state index in [0.717, 1.165) is 84.0 Å². The number of anilines is 9. The molecule has 6 heteroatoms. The van der Waals surface area contributed by atoms with E-state index < -0.39 is 0 Å². The van der Waals surface area contributed by atoms with E-state index >= 15 is 0 Å². The van der Waals surface area contributed by atoms with E-state index in [2.05, 4.69) is 227 Å². The minimum atomic E-state index is 0.850. The Hall–Kier alpha value is -6.76. The molecule has 0 amide bonds. The van der Waals surface area contributed by atoms with Gasteiger partial charge in [0.1, 0.15) is 19.0 Å². The molecular weight excluding hydrogens is 761 g/mol. The van der Waals surface area contributed by atoms with Gasteiger partial charge in [-0.1, -0.05) is 103 Å². The largest absolute Gasteiger partial charge is 0.456 e. The lowest BCUT2D eigenvalue weighted by Crippen LogP contribution is -2.24. The van der Waals surface area contributed by atoms with Crippen molar-refractivity contribution in [1.29, 1.82) is 0 Å². The maximum atomic E-state index is 6.56. The molecule has 9 aromatic rings. The number of hydrogen-bond donors (Lipinski definition) is 0. The first kappa shape index (κ1) is 33.6. The molecule has 1 aromatic heterocycles. The van der Waals surface area contributed by atoms with Crippen molar-refractivity contribution < 1.29 is 4.42 Å². The van der Waals surface area contributed by atoms with E-state index in [1.807, 2.05) is 0 Å². The highest BCUT2D eigenvalue weighted by molar-refractivity contribution is 9.10. The fraction of sp³-hybridized carbons (Fsp3) is 0.0196. The lowest BCUT2D eigenvalue weighted by atomic mass is 9.86. The van der Waals surface area contributed by atoms with Gasteiger partial charge in [0.2, 0.25) is 0 Å². The van der Waals surface area contributed by atoms with Crippen LogP contribution in [0.4, 0.5) is 51.2 Å². The second kappa shape index (κ2) is 13.5. The van der Waals surface area contributed by atoms with Gasteiger partial charge >= 0.3 is 0 Å². The Balaban J connectivity index is 1.06. The molecule has 2 aliphatic heterocycles. The summed E-state index contributed by atoms with van der Waals surface area (Å²) in [7, 11) is 2.20. The molecule has 270 valence electrons. The van der Waals surface area contributed by atoms with Gasteiger partial charge in [-0.2, -0.15) is 0 Å². The van der Waals surface area contributed by atoms with E-state index in [9.17, 15) is 0 Å². The first-order valence-electron chi connectivity index (χ1n) is 19.3. The van der Waals surface area contributed by atoms with Crippen molar-refractivity contribution in [2.75, 3.05) is 14.7 Å². The van der Waals surface area contributed by atoms with Crippen LogP contribution in [0.2, 0.25) is 0 Å². The van der Waals surface area contributed by atoms with Gasteiger partial charge in [-0.25, -0.2) is 0 Å². The van der Waals surface area contributed by atoms with Gasteiger partial charge in [0.25, 0.3) is 0 Å². The molecule has 0 bridgehead atoms. The Morgan fingerprint density at radius 1 is 0.456 bits per heavy atom. The van der Waals surface area contributed by atoms with Crippen molar-refractivity contribution >= 4 is 114 Å². The number of para-hydroxylation sites is 7. The zero-order valence-electron chi connectivity index (χ0n) is 31.2. The second-order valence-electron chi connectivity index (χ2n) is 14.7. The quantitative estimate of drug-likeness (QED) is 0.162. The smallest absolute Gasteiger partial charge is 0.139 e. The molecule has 8 aromatic carbocycles. The normalized spacial score (nSPS) is 13.1. The summed E-state index contributed by atoms with van der Waals surface area (Å²) in [6.07, 6.45) is 3.23. The number of hydrogen-bond acceptors (Lipinski definition) is 4. The number of furan rings is 1. The molecule has 0 spiro atoms. The van der Waals surface area contributed by atoms with Crippen LogP contribution in [0, 0.1) is 0 Å². The first-order chi connectivity index (χ1) is 28.1. The molecule has 0 saturated heterocycles. The minimum Gasteiger partial charge on any atom is -0.456 e. The van der Waals surface area contributed by atoms with Gasteiger partial charge in [-0.3, -0.25) is 0 Å². The van der Waals surface area contributed by atoms with E-state index in [4.69, 9.17) is 4.42 Å². The van der Waals surface area contributed by atoms with Crippen molar-refractivity contribution in [3.05, 3.63) is 203 Å². The summed E-state index contributed by atoms with van der Waals surface area (Å²) in [6, 6.07) is 65.2. The van der Waals surface area contributed by atoms with Gasteiger partial charge in [-0.05, 0) is 130 Å². The maximum Gasteiger partial charge on any atom is 0.139 e. The Kier molecular flexibility index (Phi) is 7.93. The lowest BCUT2D eigenvalue weighted by Gasteiger charge is -2.40. The molecule has 2 aliphatic rings. The molecule has 0 aliphatic carbocycles. The Morgan fingerprint density at radius 3 is 1.58 bits per heavy atom. The fourth-order valence-corrected chi connectivity index (χ4v) is 9.20. The van der Waals surface area contributed by atoms with Crippen LogP contribution >= 0.6 is 15.9 Å². The predicted molar refractivity (Wildman–Crippen MR) is 245 cm³/mol. The summed E-state index contributed by atoms with van der Waals surface area (Å²) in [5.41, 5.74) is 18.1. The summed E-state index contributed by atoms with van der Waals surface area (Å²) in [4.78, 5) is 7.14. The fourth-order valence-electron chi connectivity index (χ4n) is 8.73. The van der Waals surface area contributed by atoms with E-state index in [-0.39, 0.29) is 0 Å². The number of benzene rings is 8. The summed E-state index contributed by atoms with van der Waals surface area (Å²) in [5, 5.41) is 2.15. The first-order valence-corrected chi connectivity index (χ1v) is 20.1. The van der Waals surface area contributed by atoms with Gasteiger partial charge in [-0.15, -0.1) is 0 Å². The van der Waals surface area contributed by atoms with Gasteiger partial charge in [0.15, 0.2) is 0 Å². The zero-order chi connectivity index (χ0) is 38.0. The van der Waals surface area contributed by atoms with Gasteiger partial charge in [0.05, 0.1) is 39.8 Å². The van der Waals surface area contributed by atoms with Crippen LogP contribution in [-0.4, -0.2) is 7.85 Å². The number of rotatable bonds is 5. The van der Waals surface area contributed by atoms with Crippen LogP contribution in [0.5, 0.6) is 0 Å². The van der Waals surface area contributed by atoms with Crippen molar-refractivity contribution in [3.63, 3.8) is 0 Å². The van der Waals surface area contributed by atoms with Crippen LogP contribution in [0.3, 0.4) is 0 Å². The highest BCUT2D eigenvalue weighted by Crippen LogP contribution is 2.55. The third kappa shape index (κ3) is 5.51. The Bertz CT molecular complexity index is 3030. The molecule has 0 saturated carbocycles. The van der Waals surface area contributed by atoms with Crippen molar-refractivity contribution in [2.45, 2.75) is 6.42 Å². The summed E-state index contributed by atoms with van der Waals surface area (Å²) < 4.78 is 7.60. The third-order valence-corrected chi connectivity index (χ3v) is 12.1. The molecule has 0 unspecified atom stereocenters. The van der Waals surface area contributed by atoms with Crippen LogP contribution in [0.25, 0.3) is 33.6 Å². The summed E-state index contributed by atoms with van der Waals surface area (Å²) >= 11 is 3.84. The van der Waals surface area contributed by atoms with Crippen LogP contribution < -0.4 is 20.2 Å².